The topological polar surface area (TPSA) is 65.0 Å². The average molecular weight is 293 g/mol. The van der Waals surface area contributed by atoms with Gasteiger partial charge in [-0.05, 0) is 6.92 Å². The van der Waals surface area contributed by atoms with E-state index in [1.54, 1.807) is 6.92 Å². The van der Waals surface area contributed by atoms with E-state index in [1.807, 2.05) is 0 Å². The van der Waals surface area contributed by atoms with Crippen LogP contribution >= 0.6 is 11.6 Å². The Morgan fingerprint density at radius 2 is 2.11 bits per heavy atom. The zero-order valence-corrected chi connectivity index (χ0v) is 11.5. The van der Waals surface area contributed by atoms with Gasteiger partial charge < -0.3 is 19.3 Å². The van der Waals surface area contributed by atoms with Gasteiger partial charge in [-0.15, -0.1) is 0 Å². The summed E-state index contributed by atoms with van der Waals surface area (Å²) in [5.41, 5.74) is -0.412. The molecule has 0 bridgehead atoms. The summed E-state index contributed by atoms with van der Waals surface area (Å²) in [6.45, 7) is 1.62. The first-order valence-electron chi connectivity index (χ1n) is 5.42. The molecule has 1 atom stereocenters. The number of hydrogen-bond acceptors (Lipinski definition) is 5. The Morgan fingerprint density at radius 1 is 1.47 bits per heavy atom. The Balaban J connectivity index is 3.38. The van der Waals surface area contributed by atoms with E-state index in [4.69, 9.17) is 21.1 Å². The molecule has 0 saturated carbocycles. The fourth-order valence-corrected chi connectivity index (χ4v) is 1.75. The fraction of sp³-hybridized carbons (Fsp3) is 0.417. The van der Waals surface area contributed by atoms with Gasteiger partial charge in [-0.2, -0.15) is 0 Å². The smallest absolute Gasteiger partial charge is 0.339 e. The van der Waals surface area contributed by atoms with Crippen molar-refractivity contribution >= 4 is 17.6 Å². The minimum atomic E-state index is -1.84. The van der Waals surface area contributed by atoms with Gasteiger partial charge >= 0.3 is 5.97 Å². The Hall–Kier alpha value is -1.53. The van der Waals surface area contributed by atoms with Crippen LogP contribution in [0.1, 0.15) is 18.6 Å². The largest absolute Gasteiger partial charge is 0.493 e. The van der Waals surface area contributed by atoms with Crippen molar-refractivity contribution in [2.75, 3.05) is 20.8 Å². The van der Waals surface area contributed by atoms with Gasteiger partial charge in [0.05, 0.1) is 31.4 Å². The molecule has 106 valence electrons. The third kappa shape index (κ3) is 3.08. The molecule has 0 aliphatic heterocycles. The third-order valence-corrected chi connectivity index (χ3v) is 2.65. The number of aliphatic hydroxyl groups is 1. The van der Waals surface area contributed by atoms with E-state index in [-0.39, 0.29) is 23.1 Å². The Morgan fingerprint density at radius 3 is 2.58 bits per heavy atom. The number of carbonyl (C=O) groups is 1. The standard InChI is InChI=1S/C12H14ClFO5/c1-4-19-12(16)10(15)8-9(14)6(13)5-7(17-2)11(8)18-3/h5,10,15H,4H2,1-3H3. The molecule has 0 radical (unpaired) electrons. The van der Waals surface area contributed by atoms with Crippen LogP contribution in [0.4, 0.5) is 4.39 Å². The molecule has 1 N–H and O–H groups in total. The van der Waals surface area contributed by atoms with Crippen LogP contribution < -0.4 is 9.47 Å². The monoisotopic (exact) mass is 292 g/mol. The maximum absolute atomic E-state index is 14.0. The van der Waals surface area contributed by atoms with Crippen LogP contribution in [-0.4, -0.2) is 31.9 Å². The highest BCUT2D eigenvalue weighted by Crippen LogP contribution is 2.40. The van der Waals surface area contributed by atoms with Crippen LogP contribution in [0, 0.1) is 5.82 Å². The molecule has 0 spiro atoms. The molecule has 1 unspecified atom stereocenters. The van der Waals surface area contributed by atoms with Crippen LogP contribution in [0.2, 0.25) is 5.02 Å². The number of ether oxygens (including phenoxy) is 3. The first-order chi connectivity index (χ1) is 8.97. The second-order valence-corrected chi connectivity index (χ2v) is 3.88. The van der Waals surface area contributed by atoms with Gasteiger partial charge in [0.25, 0.3) is 0 Å². The number of benzene rings is 1. The fourth-order valence-electron chi connectivity index (χ4n) is 1.55. The number of carbonyl (C=O) groups excluding carboxylic acids is 1. The summed E-state index contributed by atoms with van der Waals surface area (Å²) in [6.07, 6.45) is -1.84. The van der Waals surface area contributed by atoms with Crippen LogP contribution in [0.3, 0.4) is 0 Å². The quantitative estimate of drug-likeness (QED) is 0.842. The summed E-state index contributed by atoms with van der Waals surface area (Å²) in [7, 11) is 2.58. The lowest BCUT2D eigenvalue weighted by Crippen LogP contribution is -2.18. The second-order valence-electron chi connectivity index (χ2n) is 3.48. The molecule has 0 amide bonds. The molecule has 7 heteroatoms. The van der Waals surface area contributed by atoms with Crippen molar-refractivity contribution < 1.29 is 28.5 Å². The third-order valence-electron chi connectivity index (χ3n) is 2.38. The second kappa shape index (κ2) is 6.58. The number of hydrogen-bond donors (Lipinski definition) is 1. The van der Waals surface area contributed by atoms with Crippen molar-refractivity contribution in [2.45, 2.75) is 13.0 Å². The summed E-state index contributed by atoms with van der Waals surface area (Å²) in [5, 5.41) is 9.55. The van der Waals surface area contributed by atoms with Gasteiger partial charge in [0.1, 0.15) is 0 Å². The van der Waals surface area contributed by atoms with Crippen LogP contribution in [0.25, 0.3) is 0 Å². The molecule has 1 aromatic carbocycles. The van der Waals surface area contributed by atoms with Crippen molar-refractivity contribution in [1.29, 1.82) is 0 Å². The minimum Gasteiger partial charge on any atom is -0.493 e. The van der Waals surface area contributed by atoms with Gasteiger partial charge in [-0.3, -0.25) is 0 Å². The first-order valence-corrected chi connectivity index (χ1v) is 5.80. The molecule has 5 nitrogen and oxygen atoms in total. The van der Waals surface area contributed by atoms with E-state index in [0.29, 0.717) is 0 Å². The SMILES string of the molecule is CCOC(=O)C(O)c1c(F)c(Cl)cc(OC)c1OC. The predicted octanol–water partition coefficient (Wildman–Crippen LogP) is 2.09. The molecule has 0 fully saturated rings. The first kappa shape index (κ1) is 15.5. The summed E-state index contributed by atoms with van der Waals surface area (Å²) in [6, 6.07) is 1.19. The van der Waals surface area contributed by atoms with E-state index in [9.17, 15) is 14.3 Å². The summed E-state index contributed by atoms with van der Waals surface area (Å²) in [4.78, 5) is 11.5. The van der Waals surface area contributed by atoms with E-state index < -0.39 is 23.5 Å². The van der Waals surface area contributed by atoms with E-state index >= 15 is 0 Å². The lowest BCUT2D eigenvalue weighted by atomic mass is 10.1. The molecule has 0 aliphatic rings. The zero-order valence-electron chi connectivity index (χ0n) is 10.7. The molecular weight excluding hydrogens is 279 g/mol. The highest BCUT2D eigenvalue weighted by atomic mass is 35.5. The van der Waals surface area contributed by atoms with Crippen molar-refractivity contribution in [3.63, 3.8) is 0 Å². The summed E-state index contributed by atoms with van der Waals surface area (Å²) >= 11 is 5.68. The van der Waals surface area contributed by atoms with Gasteiger partial charge in [0.15, 0.2) is 23.4 Å². The van der Waals surface area contributed by atoms with E-state index in [0.717, 1.165) is 0 Å². The molecular formula is C12H14ClFO5. The number of halogens is 2. The molecule has 0 aliphatic carbocycles. The molecule has 0 aromatic heterocycles. The van der Waals surface area contributed by atoms with Crippen LogP contribution in [0.15, 0.2) is 6.07 Å². The van der Waals surface area contributed by atoms with Crippen molar-refractivity contribution in [2.24, 2.45) is 0 Å². The average Bonchev–Trinajstić information content (AvgIpc) is 2.40. The lowest BCUT2D eigenvalue weighted by molar-refractivity contribution is -0.153. The van der Waals surface area contributed by atoms with Crippen LogP contribution in [-0.2, 0) is 9.53 Å². The molecule has 19 heavy (non-hydrogen) atoms. The van der Waals surface area contributed by atoms with Gasteiger partial charge in [0, 0.05) is 6.07 Å². The Kier molecular flexibility index (Phi) is 5.38. The van der Waals surface area contributed by atoms with Gasteiger partial charge in [0.2, 0.25) is 0 Å². The van der Waals surface area contributed by atoms with E-state index in [1.165, 1.54) is 20.3 Å². The van der Waals surface area contributed by atoms with Gasteiger partial charge in [-0.1, -0.05) is 11.6 Å². The number of methoxy groups -OCH3 is 2. The molecule has 0 saturated heterocycles. The maximum Gasteiger partial charge on any atom is 0.339 e. The van der Waals surface area contributed by atoms with Crippen molar-refractivity contribution in [3.05, 3.63) is 22.5 Å². The molecule has 0 heterocycles. The summed E-state index contributed by atoms with van der Waals surface area (Å²) in [5.74, 6) is -1.96. The number of aliphatic hydroxyl groups excluding tert-OH is 1. The zero-order chi connectivity index (χ0) is 14.6. The minimum absolute atomic E-state index is 0.0531. The number of esters is 1. The normalized spacial score (nSPS) is 11.9. The lowest BCUT2D eigenvalue weighted by Gasteiger charge is -2.17. The maximum atomic E-state index is 14.0. The number of rotatable bonds is 5. The predicted molar refractivity (Wildman–Crippen MR) is 66.1 cm³/mol. The van der Waals surface area contributed by atoms with Crippen molar-refractivity contribution in [1.82, 2.24) is 0 Å². The molecule has 1 aromatic rings. The Labute approximate surface area is 114 Å². The van der Waals surface area contributed by atoms with E-state index in [2.05, 4.69) is 4.74 Å². The Bertz CT molecular complexity index is 478. The van der Waals surface area contributed by atoms with Gasteiger partial charge in [-0.25, -0.2) is 9.18 Å². The molecule has 1 rings (SSSR count). The highest BCUT2D eigenvalue weighted by Gasteiger charge is 2.30. The summed E-state index contributed by atoms with van der Waals surface area (Å²) < 4.78 is 28.5. The van der Waals surface area contributed by atoms with Crippen LogP contribution in [0.5, 0.6) is 11.5 Å². The highest BCUT2D eigenvalue weighted by molar-refractivity contribution is 6.31. The van der Waals surface area contributed by atoms with Crippen molar-refractivity contribution in [3.8, 4) is 11.5 Å².